The van der Waals surface area contributed by atoms with Crippen LogP contribution >= 0.6 is 11.3 Å². The van der Waals surface area contributed by atoms with E-state index in [1.807, 2.05) is 0 Å². The molecule has 1 fully saturated rings. The number of hydrogen-bond acceptors (Lipinski definition) is 5. The molecule has 4 rings (SSSR count). The molecule has 1 aliphatic heterocycles. The SMILES string of the molecule is O=C(c1cc2c(s1)CCCCCC2)N1CCN(S(=O)(=O)c2cccnc2)CC1. The van der Waals surface area contributed by atoms with Crippen molar-refractivity contribution >= 4 is 27.3 Å². The quantitative estimate of drug-likeness (QED) is 0.767. The third kappa shape index (κ3) is 3.99. The summed E-state index contributed by atoms with van der Waals surface area (Å²) in [6, 6.07) is 5.25. The van der Waals surface area contributed by atoms with Gasteiger partial charge in [-0.15, -0.1) is 11.3 Å². The lowest BCUT2D eigenvalue weighted by atomic mass is 10.00. The zero-order chi connectivity index (χ0) is 19.6. The van der Waals surface area contributed by atoms with Gasteiger partial charge >= 0.3 is 0 Å². The largest absolute Gasteiger partial charge is 0.335 e. The van der Waals surface area contributed by atoms with E-state index >= 15 is 0 Å². The van der Waals surface area contributed by atoms with Crippen LogP contribution in [0.2, 0.25) is 0 Å². The standard InChI is InChI=1S/C20H25N3O3S2/c24-20(19-14-16-6-3-1-2-4-8-18(16)27-19)22-10-12-23(13-11-22)28(25,26)17-7-5-9-21-15-17/h5,7,9,14-15H,1-4,6,8,10-13H2. The number of pyridine rings is 1. The van der Waals surface area contributed by atoms with Gasteiger partial charge in [-0.1, -0.05) is 12.8 Å². The number of sulfonamides is 1. The van der Waals surface area contributed by atoms with Crippen LogP contribution in [0.25, 0.3) is 0 Å². The van der Waals surface area contributed by atoms with Gasteiger partial charge in [-0.3, -0.25) is 9.78 Å². The zero-order valence-corrected chi connectivity index (χ0v) is 17.5. The lowest BCUT2D eigenvalue weighted by Crippen LogP contribution is -2.50. The van der Waals surface area contributed by atoms with Crippen molar-refractivity contribution in [2.75, 3.05) is 26.2 Å². The summed E-state index contributed by atoms with van der Waals surface area (Å²) in [5.41, 5.74) is 1.34. The molecule has 8 heteroatoms. The Kier molecular flexibility index (Phi) is 5.80. The molecule has 0 atom stereocenters. The summed E-state index contributed by atoms with van der Waals surface area (Å²) in [5, 5.41) is 0. The second-order valence-electron chi connectivity index (χ2n) is 7.36. The molecule has 2 aliphatic rings. The average Bonchev–Trinajstić information content (AvgIpc) is 3.10. The van der Waals surface area contributed by atoms with E-state index in [9.17, 15) is 13.2 Å². The summed E-state index contributed by atoms with van der Waals surface area (Å²) < 4.78 is 26.9. The van der Waals surface area contributed by atoms with Crippen molar-refractivity contribution in [1.29, 1.82) is 0 Å². The van der Waals surface area contributed by atoms with Gasteiger partial charge in [0.2, 0.25) is 10.0 Å². The highest BCUT2D eigenvalue weighted by Crippen LogP contribution is 2.29. The van der Waals surface area contributed by atoms with Crippen LogP contribution < -0.4 is 0 Å². The number of rotatable bonds is 3. The number of piperazine rings is 1. The van der Waals surface area contributed by atoms with Gasteiger partial charge in [-0.05, 0) is 49.4 Å². The fraction of sp³-hybridized carbons (Fsp3) is 0.500. The molecule has 6 nitrogen and oxygen atoms in total. The summed E-state index contributed by atoms with van der Waals surface area (Å²) in [6.07, 6.45) is 10.0. The van der Waals surface area contributed by atoms with Gasteiger partial charge in [-0.2, -0.15) is 4.31 Å². The number of carbonyl (C=O) groups is 1. The zero-order valence-electron chi connectivity index (χ0n) is 15.8. The molecule has 0 radical (unpaired) electrons. The lowest BCUT2D eigenvalue weighted by molar-refractivity contribution is 0.0702. The van der Waals surface area contributed by atoms with Gasteiger partial charge in [0.1, 0.15) is 4.90 Å². The molecule has 3 heterocycles. The van der Waals surface area contributed by atoms with E-state index in [0.717, 1.165) is 17.7 Å². The third-order valence-electron chi connectivity index (χ3n) is 5.51. The fourth-order valence-corrected chi connectivity index (χ4v) is 6.49. The molecule has 1 saturated heterocycles. The summed E-state index contributed by atoms with van der Waals surface area (Å²) in [4.78, 5) is 21.0. The van der Waals surface area contributed by atoms with Gasteiger partial charge < -0.3 is 4.90 Å². The number of nitrogens with zero attached hydrogens (tertiary/aromatic N) is 3. The second kappa shape index (κ2) is 8.31. The molecule has 0 aromatic carbocycles. The molecular formula is C20H25N3O3S2. The van der Waals surface area contributed by atoms with Crippen LogP contribution in [0.3, 0.4) is 0 Å². The smallest absolute Gasteiger partial charge is 0.264 e. The molecule has 2 aromatic heterocycles. The molecule has 0 unspecified atom stereocenters. The van der Waals surface area contributed by atoms with E-state index in [4.69, 9.17) is 0 Å². The molecular weight excluding hydrogens is 394 g/mol. The van der Waals surface area contributed by atoms with E-state index < -0.39 is 10.0 Å². The molecule has 150 valence electrons. The van der Waals surface area contributed by atoms with E-state index in [2.05, 4.69) is 11.1 Å². The first-order valence-electron chi connectivity index (χ1n) is 9.87. The predicted molar refractivity (Wildman–Crippen MR) is 109 cm³/mol. The van der Waals surface area contributed by atoms with Crippen molar-refractivity contribution in [3.8, 4) is 0 Å². The lowest BCUT2D eigenvalue weighted by Gasteiger charge is -2.33. The van der Waals surface area contributed by atoms with Crippen LogP contribution in [0.5, 0.6) is 0 Å². The number of fused-ring (bicyclic) bond motifs is 1. The van der Waals surface area contributed by atoms with Gasteiger partial charge in [-0.25, -0.2) is 8.42 Å². The van der Waals surface area contributed by atoms with E-state index in [1.165, 1.54) is 46.6 Å². The number of thiophene rings is 1. The second-order valence-corrected chi connectivity index (χ2v) is 10.4. The van der Waals surface area contributed by atoms with Crippen molar-refractivity contribution in [1.82, 2.24) is 14.2 Å². The van der Waals surface area contributed by atoms with Crippen molar-refractivity contribution in [2.24, 2.45) is 0 Å². The minimum Gasteiger partial charge on any atom is -0.335 e. The van der Waals surface area contributed by atoms with Crippen LogP contribution in [0.4, 0.5) is 0 Å². The minimum absolute atomic E-state index is 0.0372. The predicted octanol–water partition coefficient (Wildman–Crippen LogP) is 2.95. The molecule has 0 spiro atoms. The van der Waals surface area contributed by atoms with Crippen molar-refractivity contribution < 1.29 is 13.2 Å². The molecule has 0 N–H and O–H groups in total. The Balaban J connectivity index is 1.42. The highest BCUT2D eigenvalue weighted by atomic mass is 32.2. The molecule has 1 amide bonds. The minimum atomic E-state index is -3.55. The molecule has 0 saturated carbocycles. The van der Waals surface area contributed by atoms with Gasteiger partial charge in [0, 0.05) is 43.4 Å². The first kappa shape index (κ1) is 19.5. The van der Waals surface area contributed by atoms with Crippen LogP contribution in [0, 0.1) is 0 Å². The monoisotopic (exact) mass is 419 g/mol. The van der Waals surface area contributed by atoms with E-state index in [-0.39, 0.29) is 10.8 Å². The summed E-state index contributed by atoms with van der Waals surface area (Å²) in [5.74, 6) is 0.0372. The molecule has 2 aromatic rings. The Labute approximate surface area is 170 Å². The first-order valence-corrected chi connectivity index (χ1v) is 12.1. The number of hydrogen-bond donors (Lipinski definition) is 0. The van der Waals surface area contributed by atoms with Gasteiger partial charge in [0.15, 0.2) is 0 Å². The Morgan fingerprint density at radius 3 is 2.50 bits per heavy atom. The number of aromatic nitrogens is 1. The Morgan fingerprint density at radius 1 is 1.04 bits per heavy atom. The summed E-state index contributed by atoms with van der Waals surface area (Å²) in [6.45, 7) is 1.46. The highest BCUT2D eigenvalue weighted by molar-refractivity contribution is 7.89. The topological polar surface area (TPSA) is 70.6 Å². The number of aryl methyl sites for hydroxylation is 2. The first-order chi connectivity index (χ1) is 13.6. The maximum absolute atomic E-state index is 13.0. The third-order valence-corrected chi connectivity index (χ3v) is 8.61. The maximum Gasteiger partial charge on any atom is 0.264 e. The van der Waals surface area contributed by atoms with Crippen LogP contribution in [0.1, 0.15) is 45.8 Å². The summed E-state index contributed by atoms with van der Waals surface area (Å²) >= 11 is 1.63. The summed E-state index contributed by atoms with van der Waals surface area (Å²) in [7, 11) is -3.55. The normalized spacial score (nSPS) is 18.9. The fourth-order valence-electron chi connectivity index (χ4n) is 3.89. The van der Waals surface area contributed by atoms with Crippen LogP contribution in [0.15, 0.2) is 35.5 Å². The molecule has 28 heavy (non-hydrogen) atoms. The van der Waals surface area contributed by atoms with Crippen LogP contribution in [-0.4, -0.2) is 54.7 Å². The van der Waals surface area contributed by atoms with Gasteiger partial charge in [0.05, 0.1) is 4.88 Å². The maximum atomic E-state index is 13.0. The molecule has 1 aliphatic carbocycles. The van der Waals surface area contributed by atoms with Crippen molar-refractivity contribution in [3.05, 3.63) is 45.9 Å². The van der Waals surface area contributed by atoms with Crippen molar-refractivity contribution in [2.45, 2.75) is 43.4 Å². The highest BCUT2D eigenvalue weighted by Gasteiger charge is 2.31. The molecule has 0 bridgehead atoms. The van der Waals surface area contributed by atoms with Gasteiger partial charge in [0.25, 0.3) is 5.91 Å². The average molecular weight is 420 g/mol. The van der Waals surface area contributed by atoms with Crippen LogP contribution in [-0.2, 0) is 22.9 Å². The van der Waals surface area contributed by atoms with Crippen molar-refractivity contribution in [3.63, 3.8) is 0 Å². The number of amides is 1. The van der Waals surface area contributed by atoms with E-state index in [1.54, 1.807) is 34.6 Å². The Morgan fingerprint density at radius 2 is 1.79 bits per heavy atom. The van der Waals surface area contributed by atoms with E-state index in [0.29, 0.717) is 26.2 Å². The Bertz CT molecular complexity index is 907. The Hall–Kier alpha value is -1.77. The number of carbonyl (C=O) groups excluding carboxylic acids is 1.